The highest BCUT2D eigenvalue weighted by molar-refractivity contribution is 4.90. The topological polar surface area (TPSA) is 35.5 Å². The molecule has 1 saturated heterocycles. The highest BCUT2D eigenvalue weighted by Gasteiger charge is 2.33. The minimum absolute atomic E-state index is 0.130. The van der Waals surface area contributed by atoms with Crippen molar-refractivity contribution in [3.8, 4) is 0 Å². The second kappa shape index (κ2) is 7.05. The van der Waals surface area contributed by atoms with Gasteiger partial charge in [-0.25, -0.2) is 0 Å². The Morgan fingerprint density at radius 2 is 1.84 bits per heavy atom. The summed E-state index contributed by atoms with van der Waals surface area (Å²) in [4.78, 5) is 2.54. The Bertz CT molecular complexity index is 261. The van der Waals surface area contributed by atoms with Crippen molar-refractivity contribution in [1.29, 1.82) is 0 Å². The fourth-order valence-electron chi connectivity index (χ4n) is 3.75. The summed E-state index contributed by atoms with van der Waals surface area (Å²) in [5.41, 5.74) is 0. The van der Waals surface area contributed by atoms with Gasteiger partial charge < -0.3 is 10.4 Å². The van der Waals surface area contributed by atoms with Gasteiger partial charge in [0.05, 0.1) is 6.10 Å². The molecule has 1 heterocycles. The van der Waals surface area contributed by atoms with Gasteiger partial charge in [-0.1, -0.05) is 19.8 Å². The Kier molecular flexibility index (Phi) is 5.67. The molecule has 1 aliphatic heterocycles. The molecule has 1 aliphatic carbocycles. The Morgan fingerprint density at radius 1 is 1.16 bits per heavy atom. The molecule has 0 spiro atoms. The molecule has 0 aromatic carbocycles. The van der Waals surface area contributed by atoms with E-state index in [0.717, 1.165) is 32.0 Å². The number of hydrogen-bond acceptors (Lipinski definition) is 3. The van der Waals surface area contributed by atoms with Gasteiger partial charge in [0, 0.05) is 31.2 Å². The minimum atomic E-state index is -0.130. The predicted molar refractivity (Wildman–Crippen MR) is 80.3 cm³/mol. The van der Waals surface area contributed by atoms with Crippen molar-refractivity contribution in [2.75, 3.05) is 13.1 Å². The summed E-state index contributed by atoms with van der Waals surface area (Å²) in [6.45, 7) is 8.86. The molecule has 19 heavy (non-hydrogen) atoms. The van der Waals surface area contributed by atoms with Gasteiger partial charge >= 0.3 is 0 Å². The highest BCUT2D eigenvalue weighted by Crippen LogP contribution is 2.25. The van der Waals surface area contributed by atoms with Crippen LogP contribution >= 0.6 is 0 Å². The standard InChI is InChI=1S/C16H32N2O/c1-4-16(19)13-9-15(11-18(10-13)12(2)3)17-14-7-5-6-8-14/h12-17,19H,4-11H2,1-3H3. The first-order chi connectivity index (χ1) is 9.10. The third-order valence-electron chi connectivity index (χ3n) is 5.03. The van der Waals surface area contributed by atoms with Gasteiger partial charge in [0.25, 0.3) is 0 Å². The molecule has 3 unspecified atom stereocenters. The predicted octanol–water partition coefficient (Wildman–Crippen LogP) is 2.39. The van der Waals surface area contributed by atoms with Crippen molar-refractivity contribution in [3.63, 3.8) is 0 Å². The van der Waals surface area contributed by atoms with Crippen LogP contribution in [0.3, 0.4) is 0 Å². The van der Waals surface area contributed by atoms with Gasteiger partial charge in [-0.05, 0) is 45.4 Å². The zero-order chi connectivity index (χ0) is 13.8. The molecule has 1 saturated carbocycles. The molecule has 3 heteroatoms. The summed E-state index contributed by atoms with van der Waals surface area (Å²) in [6.07, 6.45) is 7.37. The number of nitrogens with zero attached hydrogens (tertiary/aromatic N) is 1. The smallest absolute Gasteiger partial charge is 0.0578 e. The summed E-state index contributed by atoms with van der Waals surface area (Å²) >= 11 is 0. The zero-order valence-corrected chi connectivity index (χ0v) is 12.9. The van der Waals surface area contributed by atoms with Crippen LogP contribution in [0.5, 0.6) is 0 Å². The highest BCUT2D eigenvalue weighted by atomic mass is 16.3. The normalized spacial score (nSPS) is 32.1. The third-order valence-corrected chi connectivity index (χ3v) is 5.03. The fraction of sp³-hybridized carbons (Fsp3) is 1.00. The zero-order valence-electron chi connectivity index (χ0n) is 12.9. The van der Waals surface area contributed by atoms with Crippen molar-refractivity contribution in [2.45, 2.75) is 83.5 Å². The van der Waals surface area contributed by atoms with Gasteiger partial charge in [-0.3, -0.25) is 4.90 Å². The molecule has 0 radical (unpaired) electrons. The van der Waals surface area contributed by atoms with E-state index in [4.69, 9.17) is 0 Å². The summed E-state index contributed by atoms with van der Waals surface area (Å²) in [6, 6.07) is 1.89. The molecule has 112 valence electrons. The molecule has 2 N–H and O–H groups in total. The average Bonchev–Trinajstić information content (AvgIpc) is 2.90. The summed E-state index contributed by atoms with van der Waals surface area (Å²) in [5.74, 6) is 0.444. The molecule has 2 fully saturated rings. The Labute approximate surface area is 118 Å². The second-order valence-corrected chi connectivity index (χ2v) is 6.86. The van der Waals surface area contributed by atoms with E-state index in [-0.39, 0.29) is 6.10 Å². The van der Waals surface area contributed by atoms with Crippen LogP contribution in [0.25, 0.3) is 0 Å². The van der Waals surface area contributed by atoms with Crippen LogP contribution in [0.2, 0.25) is 0 Å². The number of aliphatic hydroxyl groups is 1. The van der Waals surface area contributed by atoms with Crippen molar-refractivity contribution in [3.05, 3.63) is 0 Å². The molecule has 0 aromatic heterocycles. The van der Waals surface area contributed by atoms with E-state index in [2.05, 4.69) is 31.0 Å². The van der Waals surface area contributed by atoms with E-state index < -0.39 is 0 Å². The number of hydrogen-bond donors (Lipinski definition) is 2. The number of likely N-dealkylation sites (tertiary alicyclic amines) is 1. The maximum Gasteiger partial charge on any atom is 0.0578 e. The van der Waals surface area contributed by atoms with Crippen LogP contribution in [0.4, 0.5) is 0 Å². The average molecular weight is 268 g/mol. The van der Waals surface area contributed by atoms with Crippen molar-refractivity contribution >= 4 is 0 Å². The Balaban J connectivity index is 1.93. The van der Waals surface area contributed by atoms with Gasteiger partial charge in [0.1, 0.15) is 0 Å². The molecule has 0 aromatic rings. The number of rotatable bonds is 5. The first-order valence-electron chi connectivity index (χ1n) is 8.28. The number of aliphatic hydroxyl groups excluding tert-OH is 1. The molecule has 2 aliphatic rings. The van der Waals surface area contributed by atoms with Crippen molar-refractivity contribution in [2.24, 2.45) is 5.92 Å². The van der Waals surface area contributed by atoms with E-state index in [0.29, 0.717) is 18.0 Å². The van der Waals surface area contributed by atoms with Crippen molar-refractivity contribution in [1.82, 2.24) is 10.2 Å². The molecular weight excluding hydrogens is 236 g/mol. The molecule has 2 rings (SSSR count). The monoisotopic (exact) mass is 268 g/mol. The fourth-order valence-corrected chi connectivity index (χ4v) is 3.75. The van der Waals surface area contributed by atoms with Gasteiger partial charge in [-0.15, -0.1) is 0 Å². The second-order valence-electron chi connectivity index (χ2n) is 6.86. The lowest BCUT2D eigenvalue weighted by Crippen LogP contribution is -2.55. The van der Waals surface area contributed by atoms with Gasteiger partial charge in [-0.2, -0.15) is 0 Å². The number of piperidine rings is 1. The quantitative estimate of drug-likeness (QED) is 0.803. The molecule has 3 atom stereocenters. The first kappa shape index (κ1) is 15.3. The van der Waals surface area contributed by atoms with Gasteiger partial charge in [0.2, 0.25) is 0 Å². The lowest BCUT2D eigenvalue weighted by atomic mass is 9.87. The first-order valence-corrected chi connectivity index (χ1v) is 8.28. The molecule has 3 nitrogen and oxygen atoms in total. The van der Waals surface area contributed by atoms with E-state index in [9.17, 15) is 5.11 Å². The molecule has 0 amide bonds. The SMILES string of the molecule is CCC(O)C1CC(NC2CCCC2)CN(C(C)C)C1. The van der Waals surface area contributed by atoms with Crippen LogP contribution in [-0.2, 0) is 0 Å². The Morgan fingerprint density at radius 3 is 2.42 bits per heavy atom. The van der Waals surface area contributed by atoms with Gasteiger partial charge in [0.15, 0.2) is 0 Å². The summed E-state index contributed by atoms with van der Waals surface area (Å²) in [7, 11) is 0. The Hall–Kier alpha value is -0.120. The van der Waals surface area contributed by atoms with E-state index in [1.54, 1.807) is 0 Å². The van der Waals surface area contributed by atoms with Crippen LogP contribution in [0.1, 0.15) is 59.3 Å². The number of nitrogens with one attached hydrogen (secondary N) is 1. The van der Waals surface area contributed by atoms with E-state index >= 15 is 0 Å². The maximum atomic E-state index is 10.2. The minimum Gasteiger partial charge on any atom is -0.393 e. The lowest BCUT2D eigenvalue weighted by Gasteiger charge is -2.42. The van der Waals surface area contributed by atoms with E-state index in [1.807, 2.05) is 0 Å². The van der Waals surface area contributed by atoms with Crippen LogP contribution in [0, 0.1) is 5.92 Å². The van der Waals surface area contributed by atoms with E-state index in [1.165, 1.54) is 25.7 Å². The summed E-state index contributed by atoms with van der Waals surface area (Å²) in [5, 5.41) is 14.1. The molecular formula is C16H32N2O. The summed E-state index contributed by atoms with van der Waals surface area (Å²) < 4.78 is 0. The largest absolute Gasteiger partial charge is 0.393 e. The van der Waals surface area contributed by atoms with Crippen LogP contribution < -0.4 is 5.32 Å². The van der Waals surface area contributed by atoms with Crippen LogP contribution in [0.15, 0.2) is 0 Å². The van der Waals surface area contributed by atoms with Crippen molar-refractivity contribution < 1.29 is 5.11 Å². The lowest BCUT2D eigenvalue weighted by molar-refractivity contribution is 0.0228. The van der Waals surface area contributed by atoms with Crippen LogP contribution in [-0.4, -0.2) is 47.3 Å². The molecule has 0 bridgehead atoms. The third kappa shape index (κ3) is 4.17. The maximum absolute atomic E-state index is 10.2.